The molecule has 4 nitrogen and oxygen atoms in total. The molecule has 168 valence electrons. The Morgan fingerprint density at radius 2 is 1.65 bits per heavy atom. The van der Waals surface area contributed by atoms with Gasteiger partial charge in [-0.15, -0.1) is 0 Å². The zero-order valence-corrected chi connectivity index (χ0v) is 16.2. The summed E-state index contributed by atoms with van der Waals surface area (Å²) in [6, 6.07) is 11.8. The molecule has 11 heteroatoms. The van der Waals surface area contributed by atoms with E-state index >= 15 is 0 Å². The quantitative estimate of drug-likeness (QED) is 0.361. The lowest BCUT2D eigenvalue weighted by Crippen LogP contribution is -2.50. The van der Waals surface area contributed by atoms with Gasteiger partial charge in [-0.25, -0.2) is 4.98 Å². The van der Waals surface area contributed by atoms with Crippen molar-refractivity contribution in [1.82, 2.24) is 15.3 Å². The van der Waals surface area contributed by atoms with E-state index in [1.807, 2.05) is 36.2 Å². The second-order valence-corrected chi connectivity index (χ2v) is 6.90. The largest absolute Gasteiger partial charge is 0.490 e. The van der Waals surface area contributed by atoms with Crippen LogP contribution >= 0.6 is 0 Å². The molecule has 0 atom stereocenters. The van der Waals surface area contributed by atoms with Crippen LogP contribution in [-0.4, -0.2) is 35.2 Å². The third-order valence-electron chi connectivity index (χ3n) is 4.51. The molecular weight excluding hydrogens is 431 g/mol. The summed E-state index contributed by atoms with van der Waals surface area (Å²) in [5, 5.41) is 3.11. The molecule has 3 rings (SSSR count). The zero-order chi connectivity index (χ0) is 22.9. The Labute approximate surface area is 172 Å². The smallest absolute Gasteiger partial charge is 0.460 e. The van der Waals surface area contributed by atoms with E-state index in [0.29, 0.717) is 13.1 Å². The maximum atomic E-state index is 13.9. The highest BCUT2D eigenvalue weighted by atomic mass is 19.4. The number of halogens is 7. The lowest BCUT2D eigenvalue weighted by molar-refractivity contribution is -0.361. The van der Waals surface area contributed by atoms with Gasteiger partial charge in [0, 0.05) is 13.1 Å². The number of H-pyrrole nitrogens is 1. The number of nitrogens with zero attached hydrogens (tertiary/aromatic N) is 1. The van der Waals surface area contributed by atoms with E-state index < -0.39 is 23.8 Å². The van der Waals surface area contributed by atoms with Crippen LogP contribution in [0.25, 0.3) is 11.0 Å². The second-order valence-electron chi connectivity index (χ2n) is 6.90. The Kier molecular flexibility index (Phi) is 6.17. The fraction of sp³-hybridized carbons (Fsp3) is 0.350. The minimum Gasteiger partial charge on any atom is -0.490 e. The van der Waals surface area contributed by atoms with Gasteiger partial charge in [0.1, 0.15) is 17.9 Å². The normalized spacial score (nSPS) is 13.0. The van der Waals surface area contributed by atoms with Crippen LogP contribution in [0.2, 0.25) is 0 Å². The predicted octanol–water partition coefficient (Wildman–Crippen LogP) is 5.33. The summed E-state index contributed by atoms with van der Waals surface area (Å²) in [6.45, 7) is 2.97. The first-order valence-electron chi connectivity index (χ1n) is 9.14. The van der Waals surface area contributed by atoms with Gasteiger partial charge in [0.25, 0.3) is 0 Å². The van der Waals surface area contributed by atoms with Crippen LogP contribution in [0.4, 0.5) is 30.7 Å². The van der Waals surface area contributed by atoms with E-state index in [9.17, 15) is 30.7 Å². The molecule has 0 aliphatic rings. The second kappa shape index (κ2) is 8.37. The van der Waals surface area contributed by atoms with Crippen molar-refractivity contribution in [3.63, 3.8) is 0 Å². The molecule has 3 aromatic rings. The van der Waals surface area contributed by atoms with Gasteiger partial charge in [0.15, 0.2) is 5.82 Å². The molecule has 0 saturated carbocycles. The molecule has 0 bridgehead atoms. The minimum atomic E-state index is -6.45. The number of nitrogens with one attached hydrogen (secondary N) is 2. The molecule has 0 saturated heterocycles. The molecule has 0 spiro atoms. The average molecular weight is 449 g/mol. The van der Waals surface area contributed by atoms with Crippen molar-refractivity contribution in [1.29, 1.82) is 0 Å². The first-order valence-corrected chi connectivity index (χ1v) is 9.14. The Bertz CT molecular complexity index is 1030. The summed E-state index contributed by atoms with van der Waals surface area (Å²) in [7, 11) is 0. The van der Waals surface area contributed by atoms with Crippen molar-refractivity contribution in [3.8, 4) is 5.75 Å². The van der Waals surface area contributed by atoms with E-state index in [4.69, 9.17) is 4.74 Å². The van der Waals surface area contributed by atoms with Gasteiger partial charge in [-0.05, 0) is 24.6 Å². The summed E-state index contributed by atoms with van der Waals surface area (Å²) in [5.41, 5.74) is 1.74. The van der Waals surface area contributed by atoms with Crippen LogP contribution in [0, 0.1) is 6.92 Å². The molecule has 1 heterocycles. The number of aryl methyl sites for hydroxylation is 1. The first-order chi connectivity index (χ1) is 14.4. The summed E-state index contributed by atoms with van der Waals surface area (Å²) in [5.74, 6) is -13.7. The fourth-order valence-corrected chi connectivity index (χ4v) is 2.77. The third kappa shape index (κ3) is 4.60. The zero-order valence-electron chi connectivity index (χ0n) is 16.2. The number of hydrogen-bond acceptors (Lipinski definition) is 3. The number of aromatic nitrogens is 2. The molecule has 1 aromatic heterocycles. The number of para-hydroxylation sites is 1. The molecule has 0 unspecified atom stereocenters. The number of rotatable bonds is 8. The number of ether oxygens (including phenoxy) is 1. The molecule has 31 heavy (non-hydrogen) atoms. The number of fused-ring (bicyclic) bond motifs is 1. The van der Waals surface area contributed by atoms with E-state index in [-0.39, 0.29) is 23.4 Å². The number of benzene rings is 2. The lowest BCUT2D eigenvalue weighted by atomic mass is 10.1. The Balaban J connectivity index is 1.69. The number of hydrogen-bond donors (Lipinski definition) is 2. The molecule has 0 fully saturated rings. The van der Waals surface area contributed by atoms with Crippen molar-refractivity contribution in [2.24, 2.45) is 0 Å². The SMILES string of the molecule is Cc1ccc(CNCCOc2cccc3[nH]c(C(F)(F)C(F)(F)C(F)(F)F)nc23)cc1. The van der Waals surface area contributed by atoms with E-state index in [1.54, 1.807) is 0 Å². The Morgan fingerprint density at radius 1 is 0.968 bits per heavy atom. The summed E-state index contributed by atoms with van der Waals surface area (Å²) in [4.78, 5) is 5.13. The van der Waals surface area contributed by atoms with Crippen LogP contribution in [0.1, 0.15) is 17.0 Å². The molecule has 0 aliphatic carbocycles. The van der Waals surface area contributed by atoms with Gasteiger partial charge in [-0.1, -0.05) is 35.9 Å². The number of imidazole rings is 1. The average Bonchev–Trinajstić information content (AvgIpc) is 3.14. The van der Waals surface area contributed by atoms with Crippen molar-refractivity contribution < 1.29 is 35.5 Å². The van der Waals surface area contributed by atoms with Crippen LogP contribution in [0.5, 0.6) is 5.75 Å². The van der Waals surface area contributed by atoms with E-state index in [1.165, 1.54) is 18.2 Å². The van der Waals surface area contributed by atoms with Crippen molar-refractivity contribution >= 4 is 11.0 Å². The first kappa shape index (κ1) is 22.9. The van der Waals surface area contributed by atoms with Gasteiger partial charge in [-0.3, -0.25) is 0 Å². The Hall–Kier alpha value is -2.82. The predicted molar refractivity (Wildman–Crippen MR) is 99.4 cm³/mol. The number of alkyl halides is 7. The third-order valence-corrected chi connectivity index (χ3v) is 4.51. The van der Waals surface area contributed by atoms with Gasteiger partial charge in [0.2, 0.25) is 0 Å². The molecule has 0 radical (unpaired) electrons. The number of aromatic amines is 1. The van der Waals surface area contributed by atoms with Gasteiger partial charge in [-0.2, -0.15) is 30.7 Å². The highest BCUT2D eigenvalue weighted by Crippen LogP contribution is 2.51. The van der Waals surface area contributed by atoms with Gasteiger partial charge in [0.05, 0.1) is 5.52 Å². The summed E-state index contributed by atoms with van der Waals surface area (Å²) < 4.78 is 97.2. The molecule has 2 aromatic carbocycles. The van der Waals surface area contributed by atoms with Crippen LogP contribution in [0.3, 0.4) is 0 Å². The minimum absolute atomic E-state index is 0.0248. The van der Waals surface area contributed by atoms with Crippen LogP contribution in [0.15, 0.2) is 42.5 Å². The molecule has 0 aliphatic heterocycles. The molecule has 0 amide bonds. The maximum Gasteiger partial charge on any atom is 0.460 e. The maximum absolute atomic E-state index is 13.9. The van der Waals surface area contributed by atoms with E-state index in [0.717, 1.165) is 11.1 Å². The highest BCUT2D eigenvalue weighted by Gasteiger charge is 2.74. The summed E-state index contributed by atoms with van der Waals surface area (Å²) >= 11 is 0. The highest BCUT2D eigenvalue weighted by molar-refractivity contribution is 5.81. The topological polar surface area (TPSA) is 49.9 Å². The van der Waals surface area contributed by atoms with Crippen molar-refractivity contribution in [2.45, 2.75) is 31.5 Å². The van der Waals surface area contributed by atoms with E-state index in [2.05, 4.69) is 10.3 Å². The monoisotopic (exact) mass is 449 g/mol. The Morgan fingerprint density at radius 3 is 2.29 bits per heavy atom. The van der Waals surface area contributed by atoms with Crippen LogP contribution in [-0.2, 0) is 12.5 Å². The van der Waals surface area contributed by atoms with Crippen molar-refractivity contribution in [2.75, 3.05) is 13.2 Å². The molecular formula is C20H18F7N3O. The van der Waals surface area contributed by atoms with Crippen molar-refractivity contribution in [3.05, 3.63) is 59.4 Å². The standard InChI is InChI=1S/C20H18F7N3O/c1-12-5-7-13(8-6-12)11-28-9-10-31-15-4-2-3-14-16(15)30-17(29-14)18(21,22)19(23,24)20(25,26)27/h2-8,28H,9-11H2,1H3,(H,29,30). The van der Waals surface area contributed by atoms with Gasteiger partial charge < -0.3 is 15.0 Å². The van der Waals surface area contributed by atoms with Crippen LogP contribution < -0.4 is 10.1 Å². The van der Waals surface area contributed by atoms with Gasteiger partial charge >= 0.3 is 18.0 Å². The molecule has 2 N–H and O–H groups in total. The summed E-state index contributed by atoms with van der Waals surface area (Å²) in [6.07, 6.45) is -6.45. The fourth-order valence-electron chi connectivity index (χ4n) is 2.77. The lowest BCUT2D eigenvalue weighted by Gasteiger charge is -2.26.